The summed E-state index contributed by atoms with van der Waals surface area (Å²) < 4.78 is 0. The zero-order valence-electron chi connectivity index (χ0n) is 9.91. The van der Waals surface area contributed by atoms with Crippen LogP contribution in [0.1, 0.15) is 6.92 Å². The SMILES string of the molecule is BCN(CC)c1ccc2c(=O)[nH][nH]c(=O)c2c1. The Morgan fingerprint density at radius 3 is 2.41 bits per heavy atom. The van der Waals surface area contributed by atoms with Crippen molar-refractivity contribution in [3.63, 3.8) is 0 Å². The summed E-state index contributed by atoms with van der Waals surface area (Å²) in [6.07, 6.45) is 0.864. The van der Waals surface area contributed by atoms with Gasteiger partial charge in [-0.15, -0.1) is 0 Å². The van der Waals surface area contributed by atoms with E-state index in [1.807, 2.05) is 6.07 Å². The molecule has 0 amide bonds. The number of H-pyrrole nitrogens is 2. The van der Waals surface area contributed by atoms with Gasteiger partial charge >= 0.3 is 0 Å². The van der Waals surface area contributed by atoms with Crippen molar-refractivity contribution in [1.82, 2.24) is 10.2 Å². The molecule has 0 bridgehead atoms. The van der Waals surface area contributed by atoms with E-state index in [9.17, 15) is 9.59 Å². The minimum Gasteiger partial charge on any atom is -0.380 e. The molecule has 0 saturated heterocycles. The van der Waals surface area contributed by atoms with Crippen LogP contribution in [0, 0.1) is 0 Å². The Balaban J connectivity index is 2.69. The molecule has 5 nitrogen and oxygen atoms in total. The standard InChI is InChI=1S/C11H14BN3O2/c1-2-15(6-12)7-3-4-8-9(5-7)11(17)14-13-10(8)16/h3-5H,2,6,12H2,1H3,(H,13,16)(H,14,17). The van der Waals surface area contributed by atoms with Crippen LogP contribution in [0.5, 0.6) is 0 Å². The van der Waals surface area contributed by atoms with Crippen molar-refractivity contribution in [2.75, 3.05) is 17.9 Å². The predicted octanol–water partition coefficient (Wildman–Crippen LogP) is -0.367. The van der Waals surface area contributed by atoms with Gasteiger partial charge in [-0.1, -0.05) is 0 Å². The van der Waals surface area contributed by atoms with Crippen molar-refractivity contribution >= 4 is 24.3 Å². The molecule has 2 N–H and O–H groups in total. The molecule has 2 rings (SSSR count). The van der Waals surface area contributed by atoms with Crippen molar-refractivity contribution < 1.29 is 0 Å². The number of benzene rings is 1. The second-order valence-electron chi connectivity index (χ2n) is 3.81. The van der Waals surface area contributed by atoms with Crippen LogP contribution in [-0.4, -0.2) is 31.0 Å². The van der Waals surface area contributed by atoms with Crippen LogP contribution in [0.25, 0.3) is 10.8 Å². The lowest BCUT2D eigenvalue weighted by molar-refractivity contribution is 0.939. The lowest BCUT2D eigenvalue weighted by Gasteiger charge is -2.21. The number of fused-ring (bicyclic) bond motifs is 1. The van der Waals surface area contributed by atoms with Crippen molar-refractivity contribution in [3.05, 3.63) is 38.9 Å². The minimum atomic E-state index is -0.273. The van der Waals surface area contributed by atoms with Gasteiger partial charge in [0.2, 0.25) is 0 Å². The van der Waals surface area contributed by atoms with E-state index >= 15 is 0 Å². The lowest BCUT2D eigenvalue weighted by Crippen LogP contribution is -2.25. The van der Waals surface area contributed by atoms with E-state index in [4.69, 9.17) is 0 Å². The van der Waals surface area contributed by atoms with E-state index in [-0.39, 0.29) is 11.1 Å². The number of hydrogen-bond donors (Lipinski definition) is 2. The number of rotatable bonds is 3. The summed E-state index contributed by atoms with van der Waals surface area (Å²) >= 11 is 0. The molecule has 1 aromatic carbocycles. The van der Waals surface area contributed by atoms with Gasteiger partial charge in [0.15, 0.2) is 0 Å². The number of anilines is 1. The van der Waals surface area contributed by atoms with Crippen LogP contribution in [0.4, 0.5) is 5.69 Å². The van der Waals surface area contributed by atoms with E-state index in [1.54, 1.807) is 12.1 Å². The number of aromatic nitrogens is 2. The Morgan fingerprint density at radius 1 is 1.18 bits per heavy atom. The summed E-state index contributed by atoms with van der Waals surface area (Å²) in [5, 5.41) is 5.50. The average Bonchev–Trinajstić information content (AvgIpc) is 2.36. The Labute approximate surface area is 98.9 Å². The van der Waals surface area contributed by atoms with Gasteiger partial charge in [0.1, 0.15) is 7.85 Å². The third kappa shape index (κ3) is 1.98. The summed E-state index contributed by atoms with van der Waals surface area (Å²) in [5.74, 6) is 0. The Morgan fingerprint density at radius 2 is 1.82 bits per heavy atom. The molecule has 0 aliphatic carbocycles. The molecule has 0 aliphatic heterocycles. The number of nitrogens with zero attached hydrogens (tertiary/aromatic N) is 1. The Kier molecular flexibility index (Phi) is 3.04. The van der Waals surface area contributed by atoms with Gasteiger partial charge in [-0.05, 0) is 31.6 Å². The van der Waals surface area contributed by atoms with E-state index in [0.29, 0.717) is 10.8 Å². The number of aromatic amines is 2. The first-order chi connectivity index (χ1) is 8.17. The zero-order valence-corrected chi connectivity index (χ0v) is 9.91. The minimum absolute atomic E-state index is 0.270. The fraction of sp³-hybridized carbons (Fsp3) is 0.273. The highest BCUT2D eigenvalue weighted by molar-refractivity contribution is 6.10. The highest BCUT2D eigenvalue weighted by Gasteiger charge is 2.07. The monoisotopic (exact) mass is 231 g/mol. The molecule has 0 unspecified atom stereocenters. The molecule has 6 heteroatoms. The molecule has 0 spiro atoms. The summed E-state index contributed by atoms with van der Waals surface area (Å²) in [6, 6.07) is 5.32. The Hall–Kier alpha value is -1.98. The molecular formula is C11H14BN3O2. The molecular weight excluding hydrogens is 217 g/mol. The van der Waals surface area contributed by atoms with Crippen molar-refractivity contribution in [2.24, 2.45) is 0 Å². The molecule has 2 aromatic rings. The average molecular weight is 231 g/mol. The van der Waals surface area contributed by atoms with Crippen molar-refractivity contribution in [3.8, 4) is 0 Å². The van der Waals surface area contributed by atoms with Crippen LogP contribution in [-0.2, 0) is 0 Å². The van der Waals surface area contributed by atoms with Gasteiger partial charge < -0.3 is 4.90 Å². The molecule has 0 aliphatic rings. The fourth-order valence-electron chi connectivity index (χ4n) is 1.95. The van der Waals surface area contributed by atoms with Crippen molar-refractivity contribution in [1.29, 1.82) is 0 Å². The first-order valence-corrected chi connectivity index (χ1v) is 5.67. The molecule has 0 saturated carbocycles. The van der Waals surface area contributed by atoms with Gasteiger partial charge in [0, 0.05) is 12.2 Å². The van der Waals surface area contributed by atoms with Crippen LogP contribution in [0.3, 0.4) is 0 Å². The maximum Gasteiger partial charge on any atom is 0.270 e. The first-order valence-electron chi connectivity index (χ1n) is 5.67. The van der Waals surface area contributed by atoms with E-state index < -0.39 is 0 Å². The number of nitrogens with one attached hydrogen (secondary N) is 2. The van der Waals surface area contributed by atoms with E-state index in [0.717, 1.165) is 18.7 Å². The van der Waals surface area contributed by atoms with Gasteiger partial charge in [0.25, 0.3) is 11.1 Å². The smallest absolute Gasteiger partial charge is 0.270 e. The highest BCUT2D eigenvalue weighted by Crippen LogP contribution is 2.17. The first kappa shape index (κ1) is 11.5. The molecule has 88 valence electrons. The van der Waals surface area contributed by atoms with Crippen LogP contribution in [0.15, 0.2) is 27.8 Å². The highest BCUT2D eigenvalue weighted by atomic mass is 16.1. The summed E-state index contributed by atoms with van der Waals surface area (Å²) in [5.41, 5.74) is 0.415. The summed E-state index contributed by atoms with van der Waals surface area (Å²) in [4.78, 5) is 25.3. The third-order valence-electron chi connectivity index (χ3n) is 2.91. The number of hydrogen-bond acceptors (Lipinski definition) is 3. The maximum absolute atomic E-state index is 11.6. The molecule has 1 aromatic heterocycles. The molecule has 17 heavy (non-hydrogen) atoms. The Bertz CT molecular complexity index is 643. The second-order valence-corrected chi connectivity index (χ2v) is 3.81. The fourth-order valence-corrected chi connectivity index (χ4v) is 1.95. The summed E-state index contributed by atoms with van der Waals surface area (Å²) in [7, 11) is 2.05. The van der Waals surface area contributed by atoms with Gasteiger partial charge in [0.05, 0.1) is 10.8 Å². The van der Waals surface area contributed by atoms with Crippen molar-refractivity contribution in [2.45, 2.75) is 6.92 Å². The van der Waals surface area contributed by atoms with Crippen LogP contribution < -0.4 is 16.0 Å². The topological polar surface area (TPSA) is 69.0 Å². The zero-order chi connectivity index (χ0) is 12.4. The van der Waals surface area contributed by atoms with Crippen LogP contribution in [0.2, 0.25) is 0 Å². The van der Waals surface area contributed by atoms with E-state index in [2.05, 4.69) is 29.9 Å². The predicted molar refractivity (Wildman–Crippen MR) is 71.6 cm³/mol. The van der Waals surface area contributed by atoms with Gasteiger partial charge in [-0.25, -0.2) is 0 Å². The second kappa shape index (κ2) is 4.49. The maximum atomic E-state index is 11.6. The normalized spacial score (nSPS) is 10.6. The molecule has 1 heterocycles. The lowest BCUT2D eigenvalue weighted by atomic mass is 10.1. The summed E-state index contributed by atoms with van der Waals surface area (Å²) in [6.45, 7) is 2.92. The molecule has 0 atom stereocenters. The largest absolute Gasteiger partial charge is 0.380 e. The molecule has 0 radical (unpaired) electrons. The molecule has 0 fully saturated rings. The quantitative estimate of drug-likeness (QED) is 0.708. The van der Waals surface area contributed by atoms with E-state index in [1.165, 1.54) is 0 Å². The third-order valence-corrected chi connectivity index (χ3v) is 2.91. The van der Waals surface area contributed by atoms with Crippen LogP contribution >= 0.6 is 0 Å². The van der Waals surface area contributed by atoms with Gasteiger partial charge in [-0.3, -0.25) is 19.8 Å². The van der Waals surface area contributed by atoms with Gasteiger partial charge in [-0.2, -0.15) is 0 Å².